The van der Waals surface area contributed by atoms with E-state index >= 15 is 0 Å². The zero-order valence-corrected chi connectivity index (χ0v) is 15.0. The maximum atomic E-state index is 12.6. The minimum absolute atomic E-state index is 0.0220. The molecule has 1 saturated heterocycles. The molecule has 2 aromatic rings. The molecule has 25 heavy (non-hydrogen) atoms. The van der Waals surface area contributed by atoms with E-state index in [2.05, 4.69) is 34.4 Å². The second-order valence-electron chi connectivity index (χ2n) is 6.43. The Kier molecular flexibility index (Phi) is 5.86. The molecule has 0 unspecified atom stereocenters. The first-order valence-electron chi connectivity index (χ1n) is 9.13. The van der Waals surface area contributed by atoms with Crippen LogP contribution in [0.25, 0.3) is 11.0 Å². The van der Waals surface area contributed by atoms with Gasteiger partial charge in [0.05, 0.1) is 24.6 Å². The largest absolute Gasteiger partial charge is 0.378 e. The number of hydrogen-bond donors (Lipinski definition) is 1. The molecule has 1 aliphatic heterocycles. The van der Waals surface area contributed by atoms with Crippen molar-refractivity contribution in [2.45, 2.75) is 39.5 Å². The maximum absolute atomic E-state index is 12.6. The summed E-state index contributed by atoms with van der Waals surface area (Å²) in [6, 6.07) is 3.86. The number of hydrogen-bond acceptors (Lipinski definition) is 6. The zero-order chi connectivity index (χ0) is 17.6. The van der Waals surface area contributed by atoms with Gasteiger partial charge in [-0.25, -0.2) is 4.63 Å². The van der Waals surface area contributed by atoms with E-state index in [0.29, 0.717) is 29.9 Å². The Morgan fingerprint density at radius 3 is 2.72 bits per heavy atom. The van der Waals surface area contributed by atoms with Crippen molar-refractivity contribution in [1.82, 2.24) is 10.3 Å². The highest BCUT2D eigenvalue weighted by molar-refractivity contribution is 6.03. The molecule has 0 saturated carbocycles. The van der Waals surface area contributed by atoms with Gasteiger partial charge in [0.2, 0.25) is 5.91 Å². The lowest BCUT2D eigenvalue weighted by molar-refractivity contribution is -0.120. The highest BCUT2D eigenvalue weighted by Crippen LogP contribution is 2.31. The lowest BCUT2D eigenvalue weighted by Gasteiger charge is -2.28. The standard InChI is InChI=1S/C18H26N4O3/c1-3-5-6-13(4-2)18(23)19-14-7-8-15(17-16(14)20-25-21-17)22-9-11-24-12-10-22/h7-8,13H,3-6,9-12H2,1-2H3,(H,19,23)/t13-/m1/s1. The molecule has 1 atom stereocenters. The van der Waals surface area contributed by atoms with Gasteiger partial charge in [-0.1, -0.05) is 26.7 Å². The first-order valence-corrected chi connectivity index (χ1v) is 9.13. The highest BCUT2D eigenvalue weighted by atomic mass is 16.6. The molecule has 0 aliphatic carbocycles. The van der Waals surface area contributed by atoms with Gasteiger partial charge in [-0.3, -0.25) is 4.79 Å². The van der Waals surface area contributed by atoms with Crippen molar-refractivity contribution < 1.29 is 14.2 Å². The van der Waals surface area contributed by atoms with Crippen LogP contribution in [0.1, 0.15) is 39.5 Å². The fourth-order valence-electron chi connectivity index (χ4n) is 3.22. The van der Waals surface area contributed by atoms with Crippen molar-refractivity contribution in [3.8, 4) is 0 Å². The van der Waals surface area contributed by atoms with Gasteiger partial charge in [0, 0.05) is 19.0 Å². The Morgan fingerprint density at radius 2 is 2.00 bits per heavy atom. The van der Waals surface area contributed by atoms with E-state index in [-0.39, 0.29) is 11.8 Å². The third kappa shape index (κ3) is 3.92. The van der Waals surface area contributed by atoms with Crippen molar-refractivity contribution in [2.24, 2.45) is 5.92 Å². The number of carbonyl (C=O) groups excluding carboxylic acids is 1. The number of nitrogens with zero attached hydrogens (tertiary/aromatic N) is 3. The number of benzene rings is 1. The molecule has 136 valence electrons. The van der Waals surface area contributed by atoms with Gasteiger partial charge in [-0.05, 0) is 35.3 Å². The minimum atomic E-state index is 0.0220. The van der Waals surface area contributed by atoms with Gasteiger partial charge in [-0.15, -0.1) is 0 Å². The molecule has 1 amide bonds. The molecule has 7 nitrogen and oxygen atoms in total. The van der Waals surface area contributed by atoms with Crippen molar-refractivity contribution >= 4 is 28.3 Å². The Balaban J connectivity index is 1.81. The maximum Gasteiger partial charge on any atom is 0.227 e. The average molecular weight is 346 g/mol. The summed E-state index contributed by atoms with van der Waals surface area (Å²) >= 11 is 0. The average Bonchev–Trinajstić information content (AvgIpc) is 3.13. The quantitative estimate of drug-likeness (QED) is 0.829. The van der Waals surface area contributed by atoms with E-state index in [1.54, 1.807) is 0 Å². The van der Waals surface area contributed by atoms with Crippen LogP contribution in [0, 0.1) is 5.92 Å². The predicted molar refractivity (Wildman–Crippen MR) is 96.8 cm³/mol. The van der Waals surface area contributed by atoms with Crippen LogP contribution in [-0.4, -0.2) is 42.5 Å². The number of fused-ring (bicyclic) bond motifs is 1. The first kappa shape index (κ1) is 17.7. The monoisotopic (exact) mass is 346 g/mol. The van der Waals surface area contributed by atoms with Gasteiger partial charge in [0.1, 0.15) is 0 Å². The van der Waals surface area contributed by atoms with Crippen LogP contribution < -0.4 is 10.2 Å². The number of rotatable bonds is 7. The smallest absolute Gasteiger partial charge is 0.227 e. The van der Waals surface area contributed by atoms with E-state index in [4.69, 9.17) is 9.37 Å². The van der Waals surface area contributed by atoms with Crippen LogP contribution in [0.15, 0.2) is 16.8 Å². The number of morpholine rings is 1. The summed E-state index contributed by atoms with van der Waals surface area (Å²) < 4.78 is 10.4. The Hall–Kier alpha value is -2.15. The Labute approximate surface area is 147 Å². The molecule has 1 aliphatic rings. The lowest BCUT2D eigenvalue weighted by Crippen LogP contribution is -2.36. The number of ether oxygens (including phenoxy) is 1. The first-order chi connectivity index (χ1) is 12.2. The molecule has 0 spiro atoms. The van der Waals surface area contributed by atoms with E-state index in [9.17, 15) is 4.79 Å². The van der Waals surface area contributed by atoms with Gasteiger partial charge < -0.3 is 15.0 Å². The SMILES string of the molecule is CCCC[C@@H](CC)C(=O)Nc1ccc(N2CCOCC2)c2nonc12. The summed E-state index contributed by atoms with van der Waals surface area (Å²) in [5.74, 6) is 0.0631. The van der Waals surface area contributed by atoms with Crippen molar-refractivity contribution in [3.05, 3.63) is 12.1 Å². The second kappa shape index (κ2) is 8.29. The van der Waals surface area contributed by atoms with Gasteiger partial charge in [0.25, 0.3) is 0 Å². The summed E-state index contributed by atoms with van der Waals surface area (Å²) in [4.78, 5) is 14.8. The van der Waals surface area contributed by atoms with Crippen LogP contribution in [0.2, 0.25) is 0 Å². The molecule has 1 aromatic heterocycles. The van der Waals surface area contributed by atoms with Crippen LogP contribution >= 0.6 is 0 Å². The Bertz CT molecular complexity index is 709. The topological polar surface area (TPSA) is 80.5 Å². The van der Waals surface area contributed by atoms with E-state index in [1.165, 1.54) is 0 Å². The second-order valence-corrected chi connectivity index (χ2v) is 6.43. The molecular formula is C18H26N4O3. The van der Waals surface area contributed by atoms with E-state index in [0.717, 1.165) is 44.5 Å². The van der Waals surface area contributed by atoms with E-state index < -0.39 is 0 Å². The van der Waals surface area contributed by atoms with Crippen LogP contribution in [-0.2, 0) is 9.53 Å². The number of carbonyl (C=O) groups is 1. The summed E-state index contributed by atoms with van der Waals surface area (Å²) in [5, 5.41) is 11.1. The number of aromatic nitrogens is 2. The summed E-state index contributed by atoms with van der Waals surface area (Å²) in [5.41, 5.74) is 2.91. The molecule has 0 radical (unpaired) electrons. The highest BCUT2D eigenvalue weighted by Gasteiger charge is 2.21. The number of unbranched alkanes of at least 4 members (excludes halogenated alkanes) is 1. The summed E-state index contributed by atoms with van der Waals surface area (Å²) in [6.07, 6.45) is 3.89. The number of anilines is 2. The third-order valence-corrected chi connectivity index (χ3v) is 4.77. The van der Waals surface area contributed by atoms with Crippen LogP contribution in [0.5, 0.6) is 0 Å². The van der Waals surface area contributed by atoms with Crippen LogP contribution in [0.3, 0.4) is 0 Å². The fraction of sp³-hybridized carbons (Fsp3) is 0.611. The normalized spacial score (nSPS) is 16.2. The molecule has 7 heteroatoms. The molecule has 1 fully saturated rings. The molecule has 2 heterocycles. The van der Waals surface area contributed by atoms with Gasteiger partial charge >= 0.3 is 0 Å². The van der Waals surface area contributed by atoms with Crippen LogP contribution in [0.4, 0.5) is 11.4 Å². The van der Waals surface area contributed by atoms with Gasteiger partial charge in [0.15, 0.2) is 11.0 Å². The summed E-state index contributed by atoms with van der Waals surface area (Å²) in [6.45, 7) is 7.20. The van der Waals surface area contributed by atoms with Gasteiger partial charge in [-0.2, -0.15) is 0 Å². The fourth-order valence-corrected chi connectivity index (χ4v) is 3.22. The lowest BCUT2D eigenvalue weighted by atomic mass is 9.98. The van der Waals surface area contributed by atoms with Crippen molar-refractivity contribution in [1.29, 1.82) is 0 Å². The Morgan fingerprint density at radius 1 is 1.24 bits per heavy atom. The minimum Gasteiger partial charge on any atom is -0.378 e. The molecule has 1 aromatic carbocycles. The van der Waals surface area contributed by atoms with Crippen molar-refractivity contribution in [3.63, 3.8) is 0 Å². The summed E-state index contributed by atoms with van der Waals surface area (Å²) in [7, 11) is 0. The van der Waals surface area contributed by atoms with Crippen molar-refractivity contribution in [2.75, 3.05) is 36.5 Å². The third-order valence-electron chi connectivity index (χ3n) is 4.77. The number of amides is 1. The predicted octanol–water partition coefficient (Wildman–Crippen LogP) is 3.21. The molecule has 1 N–H and O–H groups in total. The molecule has 3 rings (SSSR count). The molecular weight excluding hydrogens is 320 g/mol. The number of nitrogens with one attached hydrogen (secondary N) is 1. The van der Waals surface area contributed by atoms with E-state index in [1.807, 2.05) is 12.1 Å². The molecule has 0 bridgehead atoms. The zero-order valence-electron chi connectivity index (χ0n) is 15.0.